The van der Waals surface area contributed by atoms with Crippen molar-refractivity contribution in [3.63, 3.8) is 0 Å². The number of ether oxygens (including phenoxy) is 2. The lowest BCUT2D eigenvalue weighted by molar-refractivity contribution is -0.130. The second kappa shape index (κ2) is 7.19. The van der Waals surface area contributed by atoms with Crippen molar-refractivity contribution in [3.05, 3.63) is 47.9 Å². The van der Waals surface area contributed by atoms with E-state index in [1.54, 1.807) is 12.4 Å². The highest BCUT2D eigenvalue weighted by atomic mass is 16.5. The first kappa shape index (κ1) is 15.4. The molecule has 0 saturated carbocycles. The Morgan fingerprint density at radius 3 is 3.04 bits per heavy atom. The molecule has 1 aliphatic rings. The minimum absolute atomic E-state index is 0.0886. The Morgan fingerprint density at radius 2 is 2.30 bits per heavy atom. The molecule has 1 N–H and O–H groups in total. The number of aromatic nitrogens is 2. The summed E-state index contributed by atoms with van der Waals surface area (Å²) in [7, 11) is 0. The summed E-state index contributed by atoms with van der Waals surface area (Å²) in [4.78, 5) is 20.5. The first-order valence-corrected chi connectivity index (χ1v) is 7.66. The molecule has 120 valence electrons. The molecule has 3 heterocycles. The van der Waals surface area contributed by atoms with Crippen LogP contribution in [0, 0.1) is 6.92 Å². The van der Waals surface area contributed by atoms with Crippen molar-refractivity contribution in [2.75, 3.05) is 6.61 Å². The van der Waals surface area contributed by atoms with Crippen LogP contribution in [0.4, 0.5) is 0 Å². The van der Waals surface area contributed by atoms with Gasteiger partial charge >= 0.3 is 0 Å². The lowest BCUT2D eigenvalue weighted by Crippen LogP contribution is -2.33. The number of hydrogen-bond donors (Lipinski definition) is 1. The monoisotopic (exact) mass is 313 g/mol. The van der Waals surface area contributed by atoms with E-state index in [2.05, 4.69) is 15.3 Å². The third-order valence-corrected chi connectivity index (χ3v) is 3.62. The lowest BCUT2D eigenvalue weighted by Gasteiger charge is -2.13. The molecule has 2 aromatic rings. The number of carbonyl (C=O) groups is 1. The summed E-state index contributed by atoms with van der Waals surface area (Å²) in [5, 5.41) is 2.88. The zero-order valence-electron chi connectivity index (χ0n) is 13.0. The van der Waals surface area contributed by atoms with Gasteiger partial charge in [0.1, 0.15) is 11.9 Å². The molecule has 1 atom stereocenters. The molecular formula is C17H19N3O3. The molecule has 0 aliphatic carbocycles. The van der Waals surface area contributed by atoms with E-state index in [0.717, 1.165) is 24.1 Å². The quantitative estimate of drug-likeness (QED) is 0.917. The second-order valence-corrected chi connectivity index (χ2v) is 5.42. The average Bonchev–Trinajstić information content (AvgIpc) is 3.10. The summed E-state index contributed by atoms with van der Waals surface area (Å²) in [5.74, 6) is 0.987. The highest BCUT2D eigenvalue weighted by Crippen LogP contribution is 2.22. The zero-order chi connectivity index (χ0) is 16.1. The van der Waals surface area contributed by atoms with Crippen molar-refractivity contribution >= 4 is 5.91 Å². The van der Waals surface area contributed by atoms with Gasteiger partial charge in [0.2, 0.25) is 11.8 Å². The predicted molar refractivity (Wildman–Crippen MR) is 84.1 cm³/mol. The maximum atomic E-state index is 12.0. The SMILES string of the molecule is Cc1ccc(Oc2ncccc2CNC(=O)C2CCCO2)cn1. The molecule has 3 rings (SSSR count). The van der Waals surface area contributed by atoms with Gasteiger partial charge in [-0.05, 0) is 38.0 Å². The number of nitrogens with one attached hydrogen (secondary N) is 1. The van der Waals surface area contributed by atoms with Gasteiger partial charge in [-0.2, -0.15) is 0 Å². The van der Waals surface area contributed by atoms with Gasteiger partial charge in [-0.15, -0.1) is 0 Å². The van der Waals surface area contributed by atoms with Gasteiger partial charge in [-0.1, -0.05) is 6.07 Å². The molecule has 0 spiro atoms. The van der Waals surface area contributed by atoms with E-state index in [4.69, 9.17) is 9.47 Å². The van der Waals surface area contributed by atoms with E-state index in [0.29, 0.717) is 24.8 Å². The van der Waals surface area contributed by atoms with Crippen LogP contribution in [-0.4, -0.2) is 28.6 Å². The van der Waals surface area contributed by atoms with Crippen LogP contribution in [0.15, 0.2) is 36.7 Å². The standard InChI is InChI=1S/C17H19N3O3/c1-12-6-7-14(11-19-12)23-17-13(4-2-8-18-17)10-20-16(21)15-5-3-9-22-15/h2,4,6-8,11,15H,3,5,9-10H2,1H3,(H,20,21). The highest BCUT2D eigenvalue weighted by molar-refractivity contribution is 5.80. The Kier molecular flexibility index (Phi) is 4.83. The number of pyridine rings is 2. The highest BCUT2D eigenvalue weighted by Gasteiger charge is 2.23. The molecule has 1 fully saturated rings. The minimum atomic E-state index is -0.336. The van der Waals surface area contributed by atoms with E-state index < -0.39 is 0 Å². The molecule has 23 heavy (non-hydrogen) atoms. The van der Waals surface area contributed by atoms with Crippen LogP contribution < -0.4 is 10.1 Å². The molecule has 0 bridgehead atoms. The van der Waals surface area contributed by atoms with Crippen LogP contribution in [0.25, 0.3) is 0 Å². The van der Waals surface area contributed by atoms with Gasteiger partial charge in [0.15, 0.2) is 0 Å². The van der Waals surface area contributed by atoms with Gasteiger partial charge < -0.3 is 14.8 Å². The second-order valence-electron chi connectivity index (χ2n) is 5.42. The molecule has 1 amide bonds. The number of aryl methyl sites for hydroxylation is 1. The van der Waals surface area contributed by atoms with Crippen molar-refractivity contribution in [1.29, 1.82) is 0 Å². The van der Waals surface area contributed by atoms with Crippen molar-refractivity contribution in [2.24, 2.45) is 0 Å². The molecule has 6 nitrogen and oxygen atoms in total. The topological polar surface area (TPSA) is 73.3 Å². The Labute approximate surface area is 134 Å². The number of amides is 1. The van der Waals surface area contributed by atoms with Crippen molar-refractivity contribution in [1.82, 2.24) is 15.3 Å². The summed E-state index contributed by atoms with van der Waals surface area (Å²) < 4.78 is 11.1. The van der Waals surface area contributed by atoms with Gasteiger partial charge in [0, 0.05) is 30.6 Å². The van der Waals surface area contributed by atoms with Crippen LogP contribution in [0.1, 0.15) is 24.1 Å². The van der Waals surface area contributed by atoms with Crippen LogP contribution in [0.3, 0.4) is 0 Å². The summed E-state index contributed by atoms with van der Waals surface area (Å²) in [6.07, 6.45) is 4.68. The van der Waals surface area contributed by atoms with Crippen molar-refractivity contribution in [2.45, 2.75) is 32.4 Å². The molecular weight excluding hydrogens is 294 g/mol. The summed E-state index contributed by atoms with van der Waals surface area (Å²) in [5.41, 5.74) is 1.72. The number of hydrogen-bond acceptors (Lipinski definition) is 5. The lowest BCUT2D eigenvalue weighted by atomic mass is 10.2. The fraction of sp³-hybridized carbons (Fsp3) is 0.353. The predicted octanol–water partition coefficient (Wildman–Crippen LogP) is 2.37. The van der Waals surface area contributed by atoms with Crippen LogP contribution in [-0.2, 0) is 16.1 Å². The van der Waals surface area contributed by atoms with Gasteiger partial charge in [0.25, 0.3) is 0 Å². The first-order chi connectivity index (χ1) is 11.2. The summed E-state index contributed by atoms with van der Waals surface area (Å²) in [6.45, 7) is 2.91. The maximum Gasteiger partial charge on any atom is 0.249 e. The third-order valence-electron chi connectivity index (χ3n) is 3.62. The smallest absolute Gasteiger partial charge is 0.249 e. The van der Waals surface area contributed by atoms with Crippen molar-refractivity contribution in [3.8, 4) is 11.6 Å². The van der Waals surface area contributed by atoms with Gasteiger partial charge in [0.05, 0.1) is 6.20 Å². The van der Waals surface area contributed by atoms with E-state index in [-0.39, 0.29) is 12.0 Å². The Balaban J connectivity index is 1.65. The first-order valence-electron chi connectivity index (χ1n) is 7.66. The number of nitrogens with zero attached hydrogens (tertiary/aromatic N) is 2. The Bertz CT molecular complexity index is 667. The molecule has 1 unspecified atom stereocenters. The normalized spacial score (nSPS) is 17.0. The minimum Gasteiger partial charge on any atom is -0.437 e. The molecule has 2 aromatic heterocycles. The Morgan fingerprint density at radius 1 is 1.39 bits per heavy atom. The van der Waals surface area contributed by atoms with Crippen LogP contribution in [0.5, 0.6) is 11.6 Å². The average molecular weight is 313 g/mol. The fourth-order valence-electron chi connectivity index (χ4n) is 2.36. The van der Waals surface area contributed by atoms with E-state index in [1.165, 1.54) is 0 Å². The summed E-state index contributed by atoms with van der Waals surface area (Å²) in [6, 6.07) is 7.40. The van der Waals surface area contributed by atoms with Gasteiger partial charge in [-0.25, -0.2) is 4.98 Å². The maximum absolute atomic E-state index is 12.0. The third kappa shape index (κ3) is 4.04. The van der Waals surface area contributed by atoms with E-state index >= 15 is 0 Å². The van der Waals surface area contributed by atoms with E-state index in [1.807, 2.05) is 31.2 Å². The largest absolute Gasteiger partial charge is 0.437 e. The molecule has 0 aromatic carbocycles. The van der Waals surface area contributed by atoms with Gasteiger partial charge in [-0.3, -0.25) is 9.78 Å². The molecule has 1 aliphatic heterocycles. The number of carbonyl (C=O) groups excluding carboxylic acids is 1. The number of rotatable bonds is 5. The Hall–Kier alpha value is -2.47. The molecule has 1 saturated heterocycles. The molecule has 0 radical (unpaired) electrons. The fourth-order valence-corrected chi connectivity index (χ4v) is 2.36. The molecule has 6 heteroatoms. The summed E-state index contributed by atoms with van der Waals surface area (Å²) >= 11 is 0. The van der Waals surface area contributed by atoms with Crippen LogP contribution in [0.2, 0.25) is 0 Å². The van der Waals surface area contributed by atoms with Crippen molar-refractivity contribution < 1.29 is 14.3 Å². The van der Waals surface area contributed by atoms with E-state index in [9.17, 15) is 4.79 Å². The zero-order valence-corrected chi connectivity index (χ0v) is 13.0. The van der Waals surface area contributed by atoms with Crippen LogP contribution >= 0.6 is 0 Å².